The van der Waals surface area contributed by atoms with Gasteiger partial charge in [0.25, 0.3) is 0 Å². The lowest BCUT2D eigenvalue weighted by Crippen LogP contribution is -2.22. The van der Waals surface area contributed by atoms with E-state index in [-0.39, 0.29) is 11.6 Å². The van der Waals surface area contributed by atoms with E-state index in [2.05, 4.69) is 10.6 Å². The number of benzene rings is 2. The van der Waals surface area contributed by atoms with E-state index >= 15 is 0 Å². The van der Waals surface area contributed by atoms with Crippen molar-refractivity contribution in [3.63, 3.8) is 0 Å². The van der Waals surface area contributed by atoms with Gasteiger partial charge in [-0.2, -0.15) is 0 Å². The largest absolute Gasteiger partial charge is 0.352 e. The molecule has 0 aromatic heterocycles. The standard InChI is InChI=1S/C22H22N2O2/c1-13-7-5-8-14(2)21(13)23-17-11-20(26)18(12-19(17)25)24-22-15(3)9-6-10-16(22)4/h5-12,23-24H,1-4H3. The minimum atomic E-state index is -0.221. The number of aryl methyl sites for hydroxylation is 4. The average Bonchev–Trinajstić information content (AvgIpc) is 2.58. The molecule has 2 aromatic rings. The first-order valence-electron chi connectivity index (χ1n) is 8.55. The van der Waals surface area contributed by atoms with Gasteiger partial charge in [0.1, 0.15) is 0 Å². The highest BCUT2D eigenvalue weighted by Crippen LogP contribution is 2.25. The molecule has 0 bridgehead atoms. The summed E-state index contributed by atoms with van der Waals surface area (Å²) in [5, 5.41) is 6.25. The molecule has 26 heavy (non-hydrogen) atoms. The maximum absolute atomic E-state index is 12.5. The lowest BCUT2D eigenvalue weighted by molar-refractivity contribution is -0.115. The predicted molar refractivity (Wildman–Crippen MR) is 105 cm³/mol. The van der Waals surface area contributed by atoms with Crippen LogP contribution in [0.3, 0.4) is 0 Å². The Kier molecular flexibility index (Phi) is 4.76. The van der Waals surface area contributed by atoms with Crippen LogP contribution >= 0.6 is 0 Å². The van der Waals surface area contributed by atoms with E-state index in [1.807, 2.05) is 64.1 Å². The number of ketones is 2. The van der Waals surface area contributed by atoms with Gasteiger partial charge in [0, 0.05) is 23.5 Å². The zero-order chi connectivity index (χ0) is 18.8. The summed E-state index contributed by atoms with van der Waals surface area (Å²) in [4.78, 5) is 25.1. The van der Waals surface area contributed by atoms with Crippen LogP contribution in [0.1, 0.15) is 22.3 Å². The van der Waals surface area contributed by atoms with Crippen LogP contribution in [0, 0.1) is 27.7 Å². The molecule has 0 amide bonds. The van der Waals surface area contributed by atoms with Gasteiger partial charge in [-0.3, -0.25) is 9.59 Å². The fraction of sp³-hybridized carbons (Fsp3) is 0.182. The second-order valence-electron chi connectivity index (χ2n) is 6.63. The van der Waals surface area contributed by atoms with Crippen molar-refractivity contribution in [3.05, 3.63) is 82.2 Å². The van der Waals surface area contributed by atoms with Crippen molar-refractivity contribution in [2.24, 2.45) is 0 Å². The molecular weight excluding hydrogens is 324 g/mol. The molecule has 0 spiro atoms. The van der Waals surface area contributed by atoms with E-state index in [0.717, 1.165) is 33.6 Å². The number of rotatable bonds is 4. The van der Waals surface area contributed by atoms with E-state index < -0.39 is 0 Å². The highest BCUT2D eigenvalue weighted by atomic mass is 16.1. The van der Waals surface area contributed by atoms with Gasteiger partial charge in [0.2, 0.25) is 11.6 Å². The molecular formula is C22H22N2O2. The summed E-state index contributed by atoms with van der Waals surface area (Å²) in [5.74, 6) is -0.443. The van der Waals surface area contributed by atoms with Crippen molar-refractivity contribution in [1.82, 2.24) is 0 Å². The molecule has 0 atom stereocenters. The highest BCUT2D eigenvalue weighted by Gasteiger charge is 2.22. The Morgan fingerprint density at radius 1 is 0.577 bits per heavy atom. The number of carbonyl (C=O) groups is 2. The van der Waals surface area contributed by atoms with Gasteiger partial charge in [-0.1, -0.05) is 36.4 Å². The lowest BCUT2D eigenvalue weighted by Gasteiger charge is -2.19. The molecule has 4 nitrogen and oxygen atoms in total. The van der Waals surface area contributed by atoms with E-state index in [1.165, 1.54) is 12.2 Å². The third-order valence-electron chi connectivity index (χ3n) is 4.56. The predicted octanol–water partition coefficient (Wildman–Crippen LogP) is 4.36. The first-order valence-corrected chi connectivity index (χ1v) is 8.55. The molecule has 0 unspecified atom stereocenters. The summed E-state index contributed by atoms with van der Waals surface area (Å²) in [5.41, 5.74) is 6.39. The summed E-state index contributed by atoms with van der Waals surface area (Å²) < 4.78 is 0. The maximum Gasteiger partial charge on any atom is 0.204 e. The summed E-state index contributed by atoms with van der Waals surface area (Å²) in [6.45, 7) is 7.87. The molecule has 0 radical (unpaired) electrons. The van der Waals surface area contributed by atoms with Crippen LogP contribution in [0.2, 0.25) is 0 Å². The summed E-state index contributed by atoms with van der Waals surface area (Å²) in [6, 6.07) is 11.8. The average molecular weight is 346 g/mol. The minimum absolute atomic E-state index is 0.221. The quantitative estimate of drug-likeness (QED) is 0.808. The van der Waals surface area contributed by atoms with Crippen molar-refractivity contribution in [2.75, 3.05) is 10.6 Å². The van der Waals surface area contributed by atoms with Gasteiger partial charge in [-0.15, -0.1) is 0 Å². The fourth-order valence-corrected chi connectivity index (χ4v) is 3.05. The zero-order valence-electron chi connectivity index (χ0n) is 15.4. The molecule has 4 heteroatoms. The number of para-hydroxylation sites is 2. The topological polar surface area (TPSA) is 58.2 Å². The Hall–Kier alpha value is -3.14. The van der Waals surface area contributed by atoms with E-state index in [1.54, 1.807) is 0 Å². The van der Waals surface area contributed by atoms with E-state index in [4.69, 9.17) is 0 Å². The van der Waals surface area contributed by atoms with Crippen LogP contribution in [0.25, 0.3) is 0 Å². The van der Waals surface area contributed by atoms with Crippen LogP contribution in [0.15, 0.2) is 59.9 Å². The van der Waals surface area contributed by atoms with Crippen LogP contribution < -0.4 is 10.6 Å². The molecule has 1 aliphatic carbocycles. The Morgan fingerprint density at radius 3 is 1.19 bits per heavy atom. The highest BCUT2D eigenvalue weighted by molar-refractivity contribution is 6.22. The molecule has 0 fully saturated rings. The van der Waals surface area contributed by atoms with Crippen molar-refractivity contribution < 1.29 is 9.59 Å². The second-order valence-corrected chi connectivity index (χ2v) is 6.63. The van der Waals surface area contributed by atoms with Gasteiger partial charge in [-0.05, 0) is 49.9 Å². The monoisotopic (exact) mass is 346 g/mol. The summed E-state index contributed by atoms with van der Waals surface area (Å²) in [6.07, 6.45) is 2.73. The number of allylic oxidation sites excluding steroid dienone is 2. The number of hydrogen-bond donors (Lipinski definition) is 2. The van der Waals surface area contributed by atoms with E-state index in [9.17, 15) is 9.59 Å². The maximum atomic E-state index is 12.5. The number of nitrogens with one attached hydrogen (secondary N) is 2. The molecule has 0 saturated carbocycles. The Balaban J connectivity index is 1.85. The number of anilines is 2. The Labute approximate surface area is 153 Å². The smallest absolute Gasteiger partial charge is 0.204 e. The third-order valence-corrected chi connectivity index (χ3v) is 4.56. The molecule has 132 valence electrons. The van der Waals surface area contributed by atoms with Crippen molar-refractivity contribution >= 4 is 22.9 Å². The van der Waals surface area contributed by atoms with Gasteiger partial charge in [0.05, 0.1) is 11.4 Å². The van der Waals surface area contributed by atoms with Gasteiger partial charge < -0.3 is 10.6 Å². The molecule has 2 N–H and O–H groups in total. The minimum Gasteiger partial charge on any atom is -0.352 e. The first kappa shape index (κ1) is 17.7. The van der Waals surface area contributed by atoms with Crippen molar-refractivity contribution in [2.45, 2.75) is 27.7 Å². The van der Waals surface area contributed by atoms with Crippen LogP contribution in [-0.2, 0) is 9.59 Å². The van der Waals surface area contributed by atoms with Crippen molar-refractivity contribution in [1.29, 1.82) is 0 Å². The summed E-state index contributed by atoms with van der Waals surface area (Å²) >= 11 is 0. The lowest BCUT2D eigenvalue weighted by atomic mass is 10.0. The van der Waals surface area contributed by atoms with Gasteiger partial charge in [-0.25, -0.2) is 0 Å². The molecule has 0 saturated heterocycles. The third kappa shape index (κ3) is 3.45. The van der Waals surface area contributed by atoms with Gasteiger partial charge in [0.15, 0.2) is 0 Å². The SMILES string of the molecule is Cc1cccc(C)c1NC1=CC(=O)C(Nc2c(C)cccc2C)=CC1=O. The molecule has 2 aromatic carbocycles. The molecule has 1 aliphatic rings. The Bertz CT molecular complexity index is 848. The number of hydrogen-bond acceptors (Lipinski definition) is 4. The fourth-order valence-electron chi connectivity index (χ4n) is 3.05. The van der Waals surface area contributed by atoms with Crippen LogP contribution in [0.4, 0.5) is 11.4 Å². The normalized spacial score (nSPS) is 14.0. The second kappa shape index (κ2) is 7.00. The molecule has 0 aliphatic heterocycles. The first-order chi connectivity index (χ1) is 12.4. The van der Waals surface area contributed by atoms with Gasteiger partial charge >= 0.3 is 0 Å². The van der Waals surface area contributed by atoms with Crippen molar-refractivity contribution in [3.8, 4) is 0 Å². The molecule has 3 rings (SSSR count). The Morgan fingerprint density at radius 2 is 0.885 bits per heavy atom. The number of carbonyl (C=O) groups excluding carboxylic acids is 2. The van der Waals surface area contributed by atoms with Crippen LogP contribution in [-0.4, -0.2) is 11.6 Å². The van der Waals surface area contributed by atoms with E-state index in [0.29, 0.717) is 11.4 Å². The molecule has 0 heterocycles. The zero-order valence-corrected chi connectivity index (χ0v) is 15.4. The van der Waals surface area contributed by atoms with Crippen LogP contribution in [0.5, 0.6) is 0 Å². The summed E-state index contributed by atoms with van der Waals surface area (Å²) in [7, 11) is 0.